The molecular formula is C9H6F5NO2. The van der Waals surface area contributed by atoms with E-state index in [-0.39, 0.29) is 5.75 Å². The molecule has 0 N–H and O–H groups in total. The number of benzene rings is 1. The van der Waals surface area contributed by atoms with Gasteiger partial charge in [-0.3, -0.25) is 0 Å². The second-order valence-corrected chi connectivity index (χ2v) is 2.91. The summed E-state index contributed by atoms with van der Waals surface area (Å²) in [6.07, 6.45) is -4.24. The van der Waals surface area contributed by atoms with Crippen molar-refractivity contribution in [2.45, 2.75) is 12.2 Å². The van der Waals surface area contributed by atoms with Gasteiger partial charge >= 0.3 is 18.2 Å². The minimum Gasteiger partial charge on any atom is -0.423 e. The standard InChI is InChI=1S/C9H6F5NO2/c10-7(11)9(12,15(13)14)8(16)17-6-4-2-1-3-5-6/h1-5,7H/t9-/m0/s1. The van der Waals surface area contributed by atoms with Crippen LogP contribution in [-0.2, 0) is 4.79 Å². The molecule has 1 atom stereocenters. The topological polar surface area (TPSA) is 29.5 Å². The highest BCUT2D eigenvalue weighted by Crippen LogP contribution is 2.29. The van der Waals surface area contributed by atoms with E-state index >= 15 is 0 Å². The van der Waals surface area contributed by atoms with E-state index in [4.69, 9.17) is 0 Å². The molecule has 17 heavy (non-hydrogen) atoms. The van der Waals surface area contributed by atoms with Crippen molar-refractivity contribution < 1.29 is 31.7 Å². The smallest absolute Gasteiger partial charge is 0.376 e. The van der Waals surface area contributed by atoms with Crippen LogP contribution in [0, 0.1) is 0 Å². The Morgan fingerprint density at radius 2 is 1.76 bits per heavy atom. The highest BCUT2D eigenvalue weighted by atomic mass is 19.4. The van der Waals surface area contributed by atoms with E-state index in [1.807, 2.05) is 0 Å². The Bertz CT molecular complexity index is 376. The number of carbonyl (C=O) groups is 1. The molecule has 0 aliphatic heterocycles. The molecule has 0 aliphatic carbocycles. The highest BCUT2D eigenvalue weighted by molar-refractivity contribution is 5.81. The lowest BCUT2D eigenvalue weighted by Crippen LogP contribution is -2.51. The minimum atomic E-state index is -4.78. The summed E-state index contributed by atoms with van der Waals surface area (Å²) in [5.74, 6) is -7.48. The van der Waals surface area contributed by atoms with Crippen molar-refractivity contribution in [1.82, 2.24) is 5.34 Å². The van der Waals surface area contributed by atoms with Gasteiger partial charge in [0.15, 0.2) is 0 Å². The maximum atomic E-state index is 13.1. The van der Waals surface area contributed by atoms with E-state index in [1.165, 1.54) is 18.2 Å². The number of esters is 1. The number of para-hydroxylation sites is 1. The van der Waals surface area contributed by atoms with Gasteiger partial charge in [0.25, 0.3) is 0 Å². The van der Waals surface area contributed by atoms with Gasteiger partial charge in [0.05, 0.1) is 5.34 Å². The molecular weight excluding hydrogens is 249 g/mol. The van der Waals surface area contributed by atoms with Gasteiger partial charge in [-0.2, -0.15) is 0 Å². The first-order chi connectivity index (χ1) is 7.89. The second kappa shape index (κ2) is 5.09. The molecule has 3 nitrogen and oxygen atoms in total. The van der Waals surface area contributed by atoms with Crippen LogP contribution < -0.4 is 4.74 Å². The van der Waals surface area contributed by atoms with Gasteiger partial charge in [0, 0.05) is 0 Å². The highest BCUT2D eigenvalue weighted by Gasteiger charge is 2.58. The van der Waals surface area contributed by atoms with Gasteiger partial charge < -0.3 is 4.74 Å². The number of halogens is 5. The molecule has 0 fully saturated rings. The lowest BCUT2D eigenvalue weighted by molar-refractivity contribution is -0.305. The molecule has 0 saturated heterocycles. The van der Waals surface area contributed by atoms with Gasteiger partial charge in [-0.25, -0.2) is 18.0 Å². The van der Waals surface area contributed by atoms with Crippen molar-refractivity contribution in [2.75, 3.05) is 0 Å². The van der Waals surface area contributed by atoms with Crippen molar-refractivity contribution in [2.24, 2.45) is 0 Å². The van der Waals surface area contributed by atoms with Gasteiger partial charge in [-0.05, 0) is 12.1 Å². The maximum Gasteiger partial charge on any atom is 0.376 e. The molecule has 1 aromatic rings. The van der Waals surface area contributed by atoms with Crippen molar-refractivity contribution in [3.8, 4) is 5.75 Å². The first kappa shape index (κ1) is 13.4. The molecule has 0 aromatic heterocycles. The Morgan fingerprint density at radius 3 is 2.18 bits per heavy atom. The summed E-state index contributed by atoms with van der Waals surface area (Å²) in [5.41, 5.74) is 0. The quantitative estimate of drug-likeness (QED) is 0.272. The van der Waals surface area contributed by atoms with E-state index in [1.54, 1.807) is 0 Å². The number of nitrogens with zero attached hydrogens (tertiary/aromatic N) is 1. The van der Waals surface area contributed by atoms with E-state index in [0.717, 1.165) is 12.1 Å². The Morgan fingerprint density at radius 1 is 1.24 bits per heavy atom. The molecule has 1 aromatic carbocycles. The molecule has 0 aliphatic rings. The largest absolute Gasteiger partial charge is 0.423 e. The van der Waals surface area contributed by atoms with Crippen LogP contribution in [0.2, 0.25) is 0 Å². The van der Waals surface area contributed by atoms with Crippen molar-refractivity contribution >= 4 is 5.97 Å². The third kappa shape index (κ3) is 2.70. The fourth-order valence-electron chi connectivity index (χ4n) is 0.899. The van der Waals surface area contributed by atoms with E-state index < -0.39 is 23.5 Å². The first-order valence-corrected chi connectivity index (χ1v) is 4.25. The average molecular weight is 255 g/mol. The van der Waals surface area contributed by atoms with E-state index in [9.17, 15) is 26.9 Å². The summed E-state index contributed by atoms with van der Waals surface area (Å²) < 4.78 is 65.3. The molecule has 0 amide bonds. The van der Waals surface area contributed by atoms with E-state index in [2.05, 4.69) is 4.74 Å². The van der Waals surface area contributed by atoms with Crippen LogP contribution in [0.3, 0.4) is 0 Å². The van der Waals surface area contributed by atoms with Crippen LogP contribution in [0.15, 0.2) is 30.3 Å². The zero-order valence-corrected chi connectivity index (χ0v) is 8.12. The summed E-state index contributed by atoms with van der Waals surface area (Å²) in [6, 6.07) is 6.47. The predicted octanol–water partition coefficient (Wildman–Crippen LogP) is 2.59. The summed E-state index contributed by atoms with van der Waals surface area (Å²) in [5, 5.41) is -2.51. The second-order valence-electron chi connectivity index (χ2n) is 2.91. The fraction of sp³-hybridized carbons (Fsp3) is 0.222. The van der Waals surface area contributed by atoms with Crippen LogP contribution in [-0.4, -0.2) is 23.5 Å². The zero-order chi connectivity index (χ0) is 13.1. The lowest BCUT2D eigenvalue weighted by Gasteiger charge is -2.21. The van der Waals surface area contributed by atoms with Crippen molar-refractivity contribution in [1.29, 1.82) is 0 Å². The predicted molar refractivity (Wildman–Crippen MR) is 46.0 cm³/mol. The average Bonchev–Trinajstić information content (AvgIpc) is 2.28. The number of hydrogen-bond donors (Lipinski definition) is 0. The van der Waals surface area contributed by atoms with Gasteiger partial charge in [0.2, 0.25) is 0 Å². The first-order valence-electron chi connectivity index (χ1n) is 4.25. The van der Waals surface area contributed by atoms with Gasteiger partial charge in [-0.1, -0.05) is 27.2 Å². The molecule has 8 heteroatoms. The molecule has 0 bridgehead atoms. The third-order valence-corrected chi connectivity index (χ3v) is 1.78. The van der Waals surface area contributed by atoms with Gasteiger partial charge in [0.1, 0.15) is 5.75 Å². The normalized spacial score (nSPS) is 14.8. The summed E-state index contributed by atoms with van der Waals surface area (Å²) in [4.78, 5) is 10.9. The Kier molecular flexibility index (Phi) is 4.00. The fourth-order valence-corrected chi connectivity index (χ4v) is 0.899. The number of alkyl halides is 3. The molecule has 0 unspecified atom stereocenters. The SMILES string of the molecule is O=C(Oc1ccccc1)[C@](F)(C(F)F)N(F)F. The third-order valence-electron chi connectivity index (χ3n) is 1.78. The lowest BCUT2D eigenvalue weighted by atomic mass is 10.3. The summed E-state index contributed by atoms with van der Waals surface area (Å²) in [7, 11) is 0. The molecule has 0 spiro atoms. The minimum absolute atomic E-state index is 0.318. The van der Waals surface area contributed by atoms with Crippen molar-refractivity contribution in [3.63, 3.8) is 0 Å². The Hall–Kier alpha value is -1.70. The molecule has 0 radical (unpaired) electrons. The molecule has 0 heterocycles. The van der Waals surface area contributed by atoms with E-state index in [0.29, 0.717) is 0 Å². The summed E-state index contributed by atoms with van der Waals surface area (Å²) in [6.45, 7) is 0. The molecule has 1 rings (SSSR count). The number of carbonyl (C=O) groups excluding carboxylic acids is 1. The number of rotatable bonds is 4. The van der Waals surface area contributed by atoms with Crippen LogP contribution in [0.25, 0.3) is 0 Å². The zero-order valence-electron chi connectivity index (χ0n) is 8.12. The molecule has 0 saturated carbocycles. The Balaban J connectivity index is 2.88. The van der Waals surface area contributed by atoms with Crippen LogP contribution >= 0.6 is 0 Å². The van der Waals surface area contributed by atoms with Crippen LogP contribution in [0.1, 0.15) is 0 Å². The maximum absolute atomic E-state index is 13.1. The Labute approximate surface area is 92.3 Å². The van der Waals surface area contributed by atoms with Crippen molar-refractivity contribution in [3.05, 3.63) is 30.3 Å². The monoisotopic (exact) mass is 255 g/mol. The van der Waals surface area contributed by atoms with Crippen LogP contribution in [0.4, 0.5) is 22.1 Å². The number of ether oxygens (including phenoxy) is 1. The summed E-state index contributed by atoms with van der Waals surface area (Å²) >= 11 is 0. The number of hydrogen-bond acceptors (Lipinski definition) is 3. The van der Waals surface area contributed by atoms with Gasteiger partial charge in [-0.15, -0.1) is 0 Å². The van der Waals surface area contributed by atoms with Crippen LogP contribution in [0.5, 0.6) is 5.75 Å². The molecule has 94 valence electrons.